The van der Waals surface area contributed by atoms with Crippen molar-refractivity contribution in [2.75, 3.05) is 45.9 Å². The number of nitrogens with one attached hydrogen (secondary N) is 2. The summed E-state index contributed by atoms with van der Waals surface area (Å²) in [6.45, 7) is 15.9. The fourth-order valence-electron chi connectivity index (χ4n) is 3.54. The van der Waals surface area contributed by atoms with Crippen molar-refractivity contribution >= 4 is 12.1 Å². The third kappa shape index (κ3) is 6.49. The lowest BCUT2D eigenvalue weighted by Crippen LogP contribution is -2.54. The Kier molecular flexibility index (Phi) is 7.52. The topological polar surface area (TPSA) is 92.4 Å². The molecular formula is C19H36N4O5. The summed E-state index contributed by atoms with van der Waals surface area (Å²) in [6.07, 6.45) is -0.669. The summed E-state index contributed by atoms with van der Waals surface area (Å²) in [5.74, 6) is 0. The van der Waals surface area contributed by atoms with Crippen LogP contribution in [0.1, 0.15) is 41.5 Å². The van der Waals surface area contributed by atoms with Crippen LogP contribution >= 0.6 is 0 Å². The van der Waals surface area contributed by atoms with Crippen LogP contribution in [0.2, 0.25) is 0 Å². The average Bonchev–Trinajstić information content (AvgIpc) is 2.80. The van der Waals surface area contributed by atoms with Crippen LogP contribution in [-0.2, 0) is 14.2 Å². The van der Waals surface area contributed by atoms with Gasteiger partial charge in [-0.3, -0.25) is 9.80 Å². The average molecular weight is 401 g/mol. The number of ether oxygens (including phenoxy) is 3. The molecule has 0 aromatic carbocycles. The first-order valence-electron chi connectivity index (χ1n) is 10.0. The molecule has 0 unspecified atom stereocenters. The number of amides is 3. The highest BCUT2D eigenvalue weighted by Crippen LogP contribution is 2.33. The first-order valence-corrected chi connectivity index (χ1v) is 10.0. The number of hydrogen-bond acceptors (Lipinski definition) is 6. The highest BCUT2D eigenvalue weighted by atomic mass is 16.6. The first-order chi connectivity index (χ1) is 13.0. The molecule has 162 valence electrons. The van der Waals surface area contributed by atoms with Gasteiger partial charge in [-0.1, -0.05) is 0 Å². The third-order valence-electron chi connectivity index (χ3n) is 4.81. The minimum absolute atomic E-state index is 0.226. The zero-order chi connectivity index (χ0) is 20.9. The Hall–Kier alpha value is -1.58. The molecular weight excluding hydrogens is 364 g/mol. The molecule has 0 aromatic heterocycles. The van der Waals surface area contributed by atoms with Gasteiger partial charge in [0.1, 0.15) is 11.3 Å². The van der Waals surface area contributed by atoms with Crippen LogP contribution in [0.4, 0.5) is 9.59 Å². The summed E-state index contributed by atoms with van der Waals surface area (Å²) < 4.78 is 16.8. The van der Waals surface area contributed by atoms with Crippen LogP contribution in [-0.4, -0.2) is 91.3 Å². The molecule has 0 spiro atoms. The zero-order valence-corrected chi connectivity index (χ0v) is 18.0. The minimum Gasteiger partial charge on any atom is -0.444 e. The maximum Gasteiger partial charge on any atom is 0.412 e. The maximum absolute atomic E-state index is 12.7. The van der Waals surface area contributed by atoms with E-state index < -0.39 is 17.4 Å². The van der Waals surface area contributed by atoms with Gasteiger partial charge >= 0.3 is 12.1 Å². The predicted molar refractivity (Wildman–Crippen MR) is 105 cm³/mol. The fraction of sp³-hybridized carbons (Fsp3) is 0.895. The molecule has 2 aliphatic rings. The van der Waals surface area contributed by atoms with Crippen LogP contribution < -0.4 is 10.6 Å². The number of carbonyl (C=O) groups excluding carboxylic acids is 2. The normalized spacial score (nSPS) is 25.4. The Bertz CT molecular complexity index is 543. The van der Waals surface area contributed by atoms with Crippen LogP contribution in [0.15, 0.2) is 0 Å². The van der Waals surface area contributed by atoms with E-state index in [4.69, 9.17) is 14.2 Å². The van der Waals surface area contributed by atoms with Gasteiger partial charge < -0.3 is 24.8 Å². The van der Waals surface area contributed by atoms with Gasteiger partial charge in [-0.25, -0.2) is 9.59 Å². The van der Waals surface area contributed by atoms with Crippen molar-refractivity contribution in [1.82, 2.24) is 20.4 Å². The van der Waals surface area contributed by atoms with Crippen molar-refractivity contribution in [2.24, 2.45) is 0 Å². The molecule has 9 nitrogen and oxygen atoms in total. The molecule has 9 heteroatoms. The standard InChI is InChI=1S/C19H36N4O5/c1-14-15(23(19(5,6)27-14)17(25)28-18(2,3)4)13-21-16(24)20-7-8-22-9-11-26-12-10-22/h14-15H,7-13H2,1-6H3,(H2,20,21,24)/t14-,15+/m0/s1. The molecule has 2 saturated heterocycles. The van der Waals surface area contributed by atoms with Gasteiger partial charge in [0.05, 0.1) is 25.4 Å². The van der Waals surface area contributed by atoms with Crippen molar-refractivity contribution in [3.63, 3.8) is 0 Å². The van der Waals surface area contributed by atoms with E-state index in [0.717, 1.165) is 32.8 Å². The summed E-state index contributed by atoms with van der Waals surface area (Å²) in [5.41, 5.74) is -1.41. The summed E-state index contributed by atoms with van der Waals surface area (Å²) >= 11 is 0. The SMILES string of the molecule is C[C@@H]1OC(C)(C)N(C(=O)OC(C)(C)C)[C@@H]1CNC(=O)NCCN1CCOCC1. The Morgan fingerprint density at radius 2 is 1.82 bits per heavy atom. The van der Waals surface area contributed by atoms with E-state index in [2.05, 4.69) is 15.5 Å². The van der Waals surface area contributed by atoms with Crippen molar-refractivity contribution in [3.8, 4) is 0 Å². The van der Waals surface area contributed by atoms with Gasteiger partial charge in [0.25, 0.3) is 0 Å². The Balaban J connectivity index is 1.83. The van der Waals surface area contributed by atoms with Crippen LogP contribution in [0.25, 0.3) is 0 Å². The van der Waals surface area contributed by atoms with Crippen LogP contribution in [0.5, 0.6) is 0 Å². The fourth-order valence-corrected chi connectivity index (χ4v) is 3.54. The molecule has 0 aliphatic carbocycles. The van der Waals surface area contributed by atoms with Gasteiger partial charge in [0.15, 0.2) is 0 Å². The number of rotatable bonds is 5. The van der Waals surface area contributed by atoms with Gasteiger partial charge in [-0.15, -0.1) is 0 Å². The summed E-state index contributed by atoms with van der Waals surface area (Å²) in [5, 5.41) is 5.72. The second-order valence-electron chi connectivity index (χ2n) is 8.78. The molecule has 2 N–H and O–H groups in total. The number of carbonyl (C=O) groups is 2. The quantitative estimate of drug-likeness (QED) is 0.724. The molecule has 0 saturated carbocycles. The van der Waals surface area contributed by atoms with Gasteiger partial charge in [-0.05, 0) is 41.5 Å². The van der Waals surface area contributed by atoms with Crippen molar-refractivity contribution in [3.05, 3.63) is 0 Å². The molecule has 28 heavy (non-hydrogen) atoms. The van der Waals surface area contributed by atoms with Gasteiger partial charge in [0, 0.05) is 32.7 Å². The second kappa shape index (κ2) is 9.28. The largest absolute Gasteiger partial charge is 0.444 e. The number of urea groups is 1. The van der Waals surface area contributed by atoms with E-state index in [1.54, 1.807) is 4.90 Å². The molecule has 2 atom stereocenters. The molecule has 3 amide bonds. The van der Waals surface area contributed by atoms with Crippen molar-refractivity contribution in [2.45, 2.75) is 65.0 Å². The van der Waals surface area contributed by atoms with E-state index in [1.807, 2.05) is 41.5 Å². The number of nitrogens with zero attached hydrogens (tertiary/aromatic N) is 2. The van der Waals surface area contributed by atoms with E-state index >= 15 is 0 Å². The lowest BCUT2D eigenvalue weighted by molar-refractivity contribution is -0.0756. The summed E-state index contributed by atoms with van der Waals surface area (Å²) in [4.78, 5) is 28.7. The molecule has 0 radical (unpaired) electrons. The maximum atomic E-state index is 12.7. The smallest absolute Gasteiger partial charge is 0.412 e. The Morgan fingerprint density at radius 3 is 2.43 bits per heavy atom. The number of hydrogen-bond donors (Lipinski definition) is 2. The van der Waals surface area contributed by atoms with Crippen LogP contribution in [0.3, 0.4) is 0 Å². The van der Waals surface area contributed by atoms with Gasteiger partial charge in [-0.2, -0.15) is 0 Å². The zero-order valence-electron chi connectivity index (χ0n) is 18.0. The second-order valence-corrected chi connectivity index (χ2v) is 8.78. The summed E-state index contributed by atoms with van der Waals surface area (Å²) in [7, 11) is 0. The van der Waals surface area contributed by atoms with Gasteiger partial charge in [0.2, 0.25) is 0 Å². The minimum atomic E-state index is -0.805. The molecule has 2 heterocycles. The Morgan fingerprint density at radius 1 is 1.18 bits per heavy atom. The predicted octanol–water partition coefficient (Wildman–Crippen LogP) is 1.38. The molecule has 2 fully saturated rings. The van der Waals surface area contributed by atoms with E-state index in [1.165, 1.54) is 0 Å². The van der Waals surface area contributed by atoms with Crippen LogP contribution in [0, 0.1) is 0 Å². The highest BCUT2D eigenvalue weighted by Gasteiger charge is 2.49. The van der Waals surface area contributed by atoms with Crippen molar-refractivity contribution in [1.29, 1.82) is 0 Å². The number of morpholine rings is 1. The lowest BCUT2D eigenvalue weighted by atomic mass is 10.1. The first kappa shape index (κ1) is 22.7. The molecule has 2 aliphatic heterocycles. The summed E-state index contributed by atoms with van der Waals surface area (Å²) in [6, 6.07) is -0.566. The lowest BCUT2D eigenvalue weighted by Gasteiger charge is -2.35. The molecule has 0 bridgehead atoms. The molecule has 2 rings (SSSR count). The van der Waals surface area contributed by atoms with E-state index in [9.17, 15) is 9.59 Å². The third-order valence-corrected chi connectivity index (χ3v) is 4.81. The molecule has 0 aromatic rings. The van der Waals surface area contributed by atoms with E-state index in [0.29, 0.717) is 6.54 Å². The monoisotopic (exact) mass is 400 g/mol. The Labute approximate surface area is 168 Å². The van der Waals surface area contributed by atoms with Crippen molar-refractivity contribution < 1.29 is 23.8 Å². The van der Waals surface area contributed by atoms with E-state index in [-0.39, 0.29) is 24.7 Å². The highest BCUT2D eigenvalue weighted by molar-refractivity contribution is 5.74.